The van der Waals surface area contributed by atoms with Gasteiger partial charge in [-0.2, -0.15) is 0 Å². The Kier molecular flexibility index (Phi) is 9.78. The molecule has 172 valence electrons. The minimum Gasteiger partial charge on any atom is -0.462 e. The topological polar surface area (TPSA) is 55.4 Å². The van der Waals surface area contributed by atoms with Gasteiger partial charge in [0.1, 0.15) is 12.0 Å². The van der Waals surface area contributed by atoms with Gasteiger partial charge in [-0.1, -0.05) is 26.0 Å². The fourth-order valence-electron chi connectivity index (χ4n) is 2.96. The summed E-state index contributed by atoms with van der Waals surface area (Å²) in [6.07, 6.45) is 2.70. The smallest absolute Gasteiger partial charge is 0.338 e. The Morgan fingerprint density at radius 2 is 1.97 bits per heavy atom. The fraction of sp³-hybridized carbons (Fsp3) is 0.360. The third kappa shape index (κ3) is 6.85. The standard InChI is InChI=1S/C25H29F2NO3S/c1-5-7-8-21(27)20(17(4)26)15-28-24(29)23-12-11-22(32-23)19-10-9-18(14-16(19)3)25(30)31-13-6-2/h7-12,14,17H,5-6,13,15H2,1-4H3,(H,28,29)/b8-7-,21-20+. The number of thiophene rings is 1. The van der Waals surface area contributed by atoms with Crippen molar-refractivity contribution in [2.75, 3.05) is 13.2 Å². The normalized spacial score (nSPS) is 13.1. The lowest BCUT2D eigenvalue weighted by molar-refractivity contribution is 0.0505. The Balaban J connectivity index is 2.12. The summed E-state index contributed by atoms with van der Waals surface area (Å²) in [4.78, 5) is 25.9. The van der Waals surface area contributed by atoms with Gasteiger partial charge < -0.3 is 10.1 Å². The lowest BCUT2D eigenvalue weighted by Crippen LogP contribution is -2.27. The summed E-state index contributed by atoms with van der Waals surface area (Å²) in [6, 6.07) is 8.78. The van der Waals surface area contributed by atoms with Crippen LogP contribution in [0.4, 0.5) is 8.78 Å². The number of carbonyl (C=O) groups excluding carboxylic acids is 2. The van der Waals surface area contributed by atoms with E-state index in [-0.39, 0.29) is 18.1 Å². The van der Waals surface area contributed by atoms with Crippen LogP contribution in [0.5, 0.6) is 0 Å². The molecule has 2 rings (SSSR count). The van der Waals surface area contributed by atoms with Crippen molar-refractivity contribution in [1.82, 2.24) is 5.32 Å². The first-order valence-corrected chi connectivity index (χ1v) is 11.4. The predicted molar refractivity (Wildman–Crippen MR) is 126 cm³/mol. The van der Waals surface area contributed by atoms with E-state index >= 15 is 0 Å². The van der Waals surface area contributed by atoms with Crippen molar-refractivity contribution >= 4 is 23.2 Å². The maximum atomic E-state index is 14.2. The molecule has 0 aliphatic rings. The maximum Gasteiger partial charge on any atom is 0.338 e. The minimum atomic E-state index is -1.51. The number of carbonyl (C=O) groups is 2. The summed E-state index contributed by atoms with van der Waals surface area (Å²) in [7, 11) is 0. The molecule has 1 N–H and O–H groups in total. The van der Waals surface area contributed by atoms with Crippen LogP contribution in [0.2, 0.25) is 0 Å². The number of hydrogen-bond acceptors (Lipinski definition) is 4. The number of amides is 1. The van der Waals surface area contributed by atoms with E-state index in [1.54, 1.807) is 24.3 Å². The monoisotopic (exact) mass is 461 g/mol. The Hall–Kier alpha value is -2.80. The summed E-state index contributed by atoms with van der Waals surface area (Å²) in [5.74, 6) is -1.43. The van der Waals surface area contributed by atoms with E-state index in [0.717, 1.165) is 22.4 Å². The second-order valence-corrected chi connectivity index (χ2v) is 8.40. The third-order valence-corrected chi connectivity index (χ3v) is 5.84. The molecular formula is C25H29F2NO3S. The molecule has 1 aromatic carbocycles. The molecule has 0 fully saturated rings. The maximum absolute atomic E-state index is 14.2. The third-order valence-electron chi connectivity index (χ3n) is 4.72. The summed E-state index contributed by atoms with van der Waals surface area (Å²) in [6.45, 7) is 7.08. The molecule has 4 nitrogen and oxygen atoms in total. The van der Waals surface area contributed by atoms with Crippen molar-refractivity contribution in [3.63, 3.8) is 0 Å². The number of hydrogen-bond donors (Lipinski definition) is 1. The van der Waals surface area contributed by atoms with Gasteiger partial charge in [-0.25, -0.2) is 13.6 Å². The molecule has 1 atom stereocenters. The van der Waals surface area contributed by atoms with Crippen LogP contribution in [-0.2, 0) is 4.74 Å². The van der Waals surface area contributed by atoms with E-state index in [9.17, 15) is 18.4 Å². The zero-order chi connectivity index (χ0) is 23.7. The highest BCUT2D eigenvalue weighted by Gasteiger charge is 2.17. The molecule has 2 aromatic rings. The number of aryl methyl sites for hydroxylation is 1. The first kappa shape index (κ1) is 25.5. The van der Waals surface area contributed by atoms with Gasteiger partial charge in [0.15, 0.2) is 0 Å². The largest absolute Gasteiger partial charge is 0.462 e. The molecular weight excluding hydrogens is 432 g/mol. The molecule has 1 amide bonds. The van der Waals surface area contributed by atoms with Crippen molar-refractivity contribution in [3.8, 4) is 10.4 Å². The number of ether oxygens (including phenoxy) is 1. The summed E-state index contributed by atoms with van der Waals surface area (Å²) >= 11 is 1.27. The van der Waals surface area contributed by atoms with Crippen LogP contribution in [-0.4, -0.2) is 31.2 Å². The Labute approximate surface area is 192 Å². The van der Waals surface area contributed by atoms with Crippen LogP contribution in [0.1, 0.15) is 59.2 Å². The van der Waals surface area contributed by atoms with Crippen LogP contribution in [0.25, 0.3) is 10.4 Å². The summed E-state index contributed by atoms with van der Waals surface area (Å²) in [5, 5.41) is 2.60. The zero-order valence-corrected chi connectivity index (χ0v) is 19.7. The number of esters is 1. The van der Waals surface area contributed by atoms with Crippen molar-refractivity contribution in [2.45, 2.75) is 46.7 Å². The number of nitrogens with one attached hydrogen (secondary N) is 1. The van der Waals surface area contributed by atoms with Gasteiger partial charge in [0.25, 0.3) is 5.91 Å². The van der Waals surface area contributed by atoms with Gasteiger partial charge >= 0.3 is 5.97 Å². The lowest BCUT2D eigenvalue weighted by atomic mass is 10.0. The van der Waals surface area contributed by atoms with E-state index in [1.165, 1.54) is 24.3 Å². The highest BCUT2D eigenvalue weighted by Crippen LogP contribution is 2.31. The van der Waals surface area contributed by atoms with E-state index in [0.29, 0.717) is 23.5 Å². The Morgan fingerprint density at radius 1 is 1.22 bits per heavy atom. The number of benzene rings is 1. The number of alkyl halides is 1. The zero-order valence-electron chi connectivity index (χ0n) is 18.8. The molecule has 0 saturated carbocycles. The van der Waals surface area contributed by atoms with Crippen LogP contribution >= 0.6 is 11.3 Å². The minimum absolute atomic E-state index is 0.0961. The Bertz CT molecular complexity index is 1010. The van der Waals surface area contributed by atoms with Crippen LogP contribution < -0.4 is 5.32 Å². The van der Waals surface area contributed by atoms with Gasteiger partial charge in [0.2, 0.25) is 0 Å². The lowest BCUT2D eigenvalue weighted by Gasteiger charge is -2.10. The first-order chi connectivity index (χ1) is 15.3. The van der Waals surface area contributed by atoms with E-state index in [4.69, 9.17) is 4.74 Å². The molecule has 0 spiro atoms. The second-order valence-electron chi connectivity index (χ2n) is 7.31. The molecule has 32 heavy (non-hydrogen) atoms. The highest BCUT2D eigenvalue weighted by molar-refractivity contribution is 7.17. The van der Waals surface area contributed by atoms with Crippen LogP contribution in [0, 0.1) is 6.92 Å². The van der Waals surface area contributed by atoms with Gasteiger partial charge in [0.05, 0.1) is 17.0 Å². The average molecular weight is 462 g/mol. The van der Waals surface area contributed by atoms with Crippen LogP contribution in [0.15, 0.2) is 53.9 Å². The fourth-order valence-corrected chi connectivity index (χ4v) is 3.97. The van der Waals surface area contributed by atoms with Crippen molar-refractivity contribution in [3.05, 3.63) is 69.9 Å². The molecule has 7 heteroatoms. The summed E-state index contributed by atoms with van der Waals surface area (Å²) < 4.78 is 33.1. The second kappa shape index (κ2) is 12.3. The predicted octanol–water partition coefficient (Wildman–Crippen LogP) is 6.57. The van der Waals surface area contributed by atoms with E-state index in [2.05, 4.69) is 5.32 Å². The van der Waals surface area contributed by atoms with Crippen molar-refractivity contribution < 1.29 is 23.1 Å². The molecule has 1 heterocycles. The highest BCUT2D eigenvalue weighted by atomic mass is 32.1. The van der Waals surface area contributed by atoms with Crippen LogP contribution in [0.3, 0.4) is 0 Å². The average Bonchev–Trinajstić information content (AvgIpc) is 3.25. The van der Waals surface area contributed by atoms with Gasteiger partial charge in [-0.05, 0) is 68.2 Å². The van der Waals surface area contributed by atoms with Gasteiger partial charge in [-0.3, -0.25) is 4.79 Å². The molecule has 1 unspecified atom stereocenters. The summed E-state index contributed by atoms with van der Waals surface area (Å²) in [5.41, 5.74) is 2.16. The molecule has 0 saturated heterocycles. The quantitative estimate of drug-likeness (QED) is 0.322. The molecule has 0 aliphatic carbocycles. The Morgan fingerprint density at radius 3 is 2.59 bits per heavy atom. The number of halogens is 2. The number of allylic oxidation sites excluding steroid dienone is 3. The molecule has 1 aromatic heterocycles. The molecule has 0 bridgehead atoms. The van der Waals surface area contributed by atoms with E-state index in [1.807, 2.05) is 32.9 Å². The molecule has 0 radical (unpaired) electrons. The van der Waals surface area contributed by atoms with E-state index < -0.39 is 17.9 Å². The SMILES string of the molecule is CC/C=C\C(F)=C(\CNC(=O)c1ccc(-c2ccc(C(=O)OCCC)cc2C)s1)C(C)F. The number of rotatable bonds is 10. The van der Waals surface area contributed by atoms with Crippen molar-refractivity contribution in [1.29, 1.82) is 0 Å². The first-order valence-electron chi connectivity index (χ1n) is 10.6. The molecule has 0 aliphatic heterocycles. The van der Waals surface area contributed by atoms with Gasteiger partial charge in [0, 0.05) is 17.0 Å². The van der Waals surface area contributed by atoms with Crippen molar-refractivity contribution in [2.24, 2.45) is 0 Å². The van der Waals surface area contributed by atoms with Gasteiger partial charge in [-0.15, -0.1) is 11.3 Å².